The van der Waals surface area contributed by atoms with Gasteiger partial charge in [-0.2, -0.15) is 0 Å². The molecule has 0 heterocycles. The number of carbonyl (C=O) groups excluding carboxylic acids is 1. The molecule has 14 heavy (non-hydrogen) atoms. The standard InChI is InChI=1S/C13H18O/c1-10-7-8-11(2)13(3,4)12(10)6-5-9-14/h5-10,12H,2H2,1,3-4H3/b6-5+. The Morgan fingerprint density at radius 2 is 2.14 bits per heavy atom. The van der Waals surface area contributed by atoms with Crippen LogP contribution in [0.3, 0.4) is 0 Å². The summed E-state index contributed by atoms with van der Waals surface area (Å²) in [5.41, 5.74) is 1.18. The lowest BCUT2D eigenvalue weighted by atomic mass is 9.65. The summed E-state index contributed by atoms with van der Waals surface area (Å²) in [6.45, 7) is 10.6. The third-order valence-electron chi connectivity index (χ3n) is 3.23. The van der Waals surface area contributed by atoms with Crippen molar-refractivity contribution in [1.82, 2.24) is 0 Å². The van der Waals surface area contributed by atoms with E-state index >= 15 is 0 Å². The summed E-state index contributed by atoms with van der Waals surface area (Å²) >= 11 is 0. The first kappa shape index (κ1) is 11.0. The predicted octanol–water partition coefficient (Wildman–Crippen LogP) is 3.15. The van der Waals surface area contributed by atoms with Crippen molar-refractivity contribution in [3.05, 3.63) is 36.5 Å². The minimum absolute atomic E-state index is 0.0493. The Bertz CT molecular complexity index is 294. The van der Waals surface area contributed by atoms with Crippen LogP contribution in [0.4, 0.5) is 0 Å². The van der Waals surface area contributed by atoms with Crippen molar-refractivity contribution in [2.24, 2.45) is 17.3 Å². The number of aldehydes is 1. The molecular weight excluding hydrogens is 172 g/mol. The Hall–Kier alpha value is -1.11. The average Bonchev–Trinajstić information content (AvgIpc) is 2.12. The molecule has 1 rings (SSSR count). The van der Waals surface area contributed by atoms with Crippen LogP contribution in [0.25, 0.3) is 0 Å². The summed E-state index contributed by atoms with van der Waals surface area (Å²) in [7, 11) is 0. The van der Waals surface area contributed by atoms with Gasteiger partial charge >= 0.3 is 0 Å². The largest absolute Gasteiger partial charge is 0.299 e. The lowest BCUT2D eigenvalue weighted by Crippen LogP contribution is -2.31. The maximum Gasteiger partial charge on any atom is 0.142 e. The van der Waals surface area contributed by atoms with Gasteiger partial charge < -0.3 is 0 Å². The second-order valence-electron chi connectivity index (χ2n) is 4.51. The molecule has 1 nitrogen and oxygen atoms in total. The molecular formula is C13H18O. The number of hydrogen-bond donors (Lipinski definition) is 0. The topological polar surface area (TPSA) is 17.1 Å². The molecule has 0 fully saturated rings. The first-order valence-electron chi connectivity index (χ1n) is 4.99. The van der Waals surface area contributed by atoms with Crippen LogP contribution < -0.4 is 0 Å². The van der Waals surface area contributed by atoms with Gasteiger partial charge in [0.1, 0.15) is 6.29 Å². The lowest BCUT2D eigenvalue weighted by molar-refractivity contribution is -0.104. The predicted molar refractivity (Wildman–Crippen MR) is 59.9 cm³/mol. The summed E-state index contributed by atoms with van der Waals surface area (Å²) in [5.74, 6) is 0.830. The highest BCUT2D eigenvalue weighted by Gasteiger charge is 2.34. The number of hydrogen-bond acceptors (Lipinski definition) is 1. The molecule has 0 N–H and O–H groups in total. The zero-order chi connectivity index (χ0) is 10.8. The molecule has 1 aliphatic rings. The zero-order valence-electron chi connectivity index (χ0n) is 9.16. The van der Waals surface area contributed by atoms with Crippen molar-refractivity contribution in [3.8, 4) is 0 Å². The maximum absolute atomic E-state index is 10.3. The van der Waals surface area contributed by atoms with Gasteiger partial charge in [0.15, 0.2) is 0 Å². The molecule has 0 bridgehead atoms. The molecule has 2 unspecified atom stereocenters. The van der Waals surface area contributed by atoms with Gasteiger partial charge in [-0.1, -0.05) is 45.6 Å². The van der Waals surface area contributed by atoms with Crippen LogP contribution in [0.5, 0.6) is 0 Å². The molecule has 0 aromatic carbocycles. The molecule has 0 aliphatic heterocycles. The third-order valence-corrected chi connectivity index (χ3v) is 3.23. The fourth-order valence-electron chi connectivity index (χ4n) is 2.05. The van der Waals surface area contributed by atoms with E-state index in [0.717, 1.165) is 11.9 Å². The quantitative estimate of drug-likeness (QED) is 0.483. The Labute approximate surface area is 86.2 Å². The molecule has 1 heteroatoms. The summed E-state index contributed by atoms with van der Waals surface area (Å²) < 4.78 is 0. The van der Waals surface area contributed by atoms with E-state index in [2.05, 4.69) is 39.5 Å². The van der Waals surface area contributed by atoms with E-state index in [1.807, 2.05) is 6.08 Å². The van der Waals surface area contributed by atoms with Crippen LogP contribution in [0, 0.1) is 17.3 Å². The third kappa shape index (κ3) is 1.87. The molecule has 0 aromatic heterocycles. The Morgan fingerprint density at radius 1 is 1.50 bits per heavy atom. The summed E-state index contributed by atoms with van der Waals surface area (Å²) in [5, 5.41) is 0. The van der Waals surface area contributed by atoms with Crippen molar-refractivity contribution in [1.29, 1.82) is 0 Å². The molecule has 0 saturated carbocycles. The molecule has 0 amide bonds. The Morgan fingerprint density at radius 3 is 2.71 bits per heavy atom. The fourth-order valence-corrected chi connectivity index (χ4v) is 2.05. The van der Waals surface area contributed by atoms with Crippen LogP contribution in [0.1, 0.15) is 20.8 Å². The number of allylic oxidation sites excluding steroid dienone is 5. The van der Waals surface area contributed by atoms with E-state index in [1.165, 1.54) is 0 Å². The normalized spacial score (nSPS) is 30.9. The monoisotopic (exact) mass is 190 g/mol. The van der Waals surface area contributed by atoms with Gasteiger partial charge in [0.05, 0.1) is 0 Å². The van der Waals surface area contributed by atoms with E-state index in [1.54, 1.807) is 6.08 Å². The average molecular weight is 190 g/mol. The van der Waals surface area contributed by atoms with Crippen molar-refractivity contribution >= 4 is 6.29 Å². The van der Waals surface area contributed by atoms with E-state index in [-0.39, 0.29) is 5.41 Å². The van der Waals surface area contributed by atoms with Gasteiger partial charge in [0.25, 0.3) is 0 Å². The molecule has 0 saturated heterocycles. The smallest absolute Gasteiger partial charge is 0.142 e. The van der Waals surface area contributed by atoms with Crippen LogP contribution in [0.15, 0.2) is 36.5 Å². The second-order valence-corrected chi connectivity index (χ2v) is 4.51. The fraction of sp³-hybridized carbons (Fsp3) is 0.462. The molecule has 0 spiro atoms. The minimum Gasteiger partial charge on any atom is -0.299 e. The van der Waals surface area contributed by atoms with Crippen molar-refractivity contribution in [3.63, 3.8) is 0 Å². The highest BCUT2D eigenvalue weighted by atomic mass is 16.1. The summed E-state index contributed by atoms with van der Waals surface area (Å²) in [6, 6.07) is 0. The molecule has 0 radical (unpaired) electrons. The Kier molecular flexibility index (Phi) is 3.10. The number of carbonyl (C=O) groups is 1. The van der Waals surface area contributed by atoms with E-state index in [4.69, 9.17) is 0 Å². The van der Waals surface area contributed by atoms with Crippen molar-refractivity contribution in [2.45, 2.75) is 20.8 Å². The Balaban J connectivity index is 3.00. The zero-order valence-corrected chi connectivity index (χ0v) is 9.16. The van der Waals surface area contributed by atoms with Crippen LogP contribution in [-0.2, 0) is 4.79 Å². The van der Waals surface area contributed by atoms with Gasteiger partial charge in [-0.15, -0.1) is 0 Å². The minimum atomic E-state index is 0.0493. The first-order chi connectivity index (χ1) is 6.50. The summed E-state index contributed by atoms with van der Waals surface area (Å²) in [6.07, 6.45) is 8.68. The highest BCUT2D eigenvalue weighted by molar-refractivity contribution is 5.64. The van der Waals surface area contributed by atoms with E-state index < -0.39 is 0 Å². The second kappa shape index (κ2) is 3.95. The lowest BCUT2D eigenvalue weighted by Gasteiger charge is -2.39. The van der Waals surface area contributed by atoms with E-state index in [9.17, 15) is 4.79 Å². The van der Waals surface area contributed by atoms with E-state index in [0.29, 0.717) is 11.8 Å². The van der Waals surface area contributed by atoms with Crippen molar-refractivity contribution < 1.29 is 4.79 Å². The SMILES string of the molecule is C=C1C=CC(C)C(/C=C/C=O)C1(C)C. The van der Waals surface area contributed by atoms with Gasteiger partial charge in [-0.3, -0.25) is 4.79 Å². The summed E-state index contributed by atoms with van der Waals surface area (Å²) in [4.78, 5) is 10.3. The van der Waals surface area contributed by atoms with Crippen LogP contribution in [0.2, 0.25) is 0 Å². The van der Waals surface area contributed by atoms with Gasteiger partial charge in [0.2, 0.25) is 0 Å². The van der Waals surface area contributed by atoms with Gasteiger partial charge in [-0.25, -0.2) is 0 Å². The van der Waals surface area contributed by atoms with Gasteiger partial charge in [0, 0.05) is 0 Å². The first-order valence-corrected chi connectivity index (χ1v) is 4.99. The van der Waals surface area contributed by atoms with Crippen LogP contribution >= 0.6 is 0 Å². The molecule has 76 valence electrons. The molecule has 0 aromatic rings. The molecule has 1 aliphatic carbocycles. The highest BCUT2D eigenvalue weighted by Crippen LogP contribution is 2.43. The maximum atomic E-state index is 10.3. The molecule has 2 atom stereocenters. The van der Waals surface area contributed by atoms with Crippen molar-refractivity contribution in [2.75, 3.05) is 0 Å². The van der Waals surface area contributed by atoms with Gasteiger partial charge in [-0.05, 0) is 28.9 Å². The number of rotatable bonds is 2. The van der Waals surface area contributed by atoms with Crippen LogP contribution in [-0.4, -0.2) is 6.29 Å².